The van der Waals surface area contributed by atoms with Crippen molar-refractivity contribution in [2.45, 2.75) is 26.2 Å². The summed E-state index contributed by atoms with van der Waals surface area (Å²) in [5, 5.41) is 9.22. The van der Waals surface area contributed by atoms with Gasteiger partial charge in [0, 0.05) is 23.6 Å². The van der Waals surface area contributed by atoms with Crippen LogP contribution in [0.4, 0.5) is 0 Å². The number of cyclic esters (lactones) is 1. The Bertz CT molecular complexity index is 935. The van der Waals surface area contributed by atoms with Crippen molar-refractivity contribution < 1.29 is 33.8 Å². The molecular formula is C22H20O7. The zero-order chi connectivity index (χ0) is 21.4. The van der Waals surface area contributed by atoms with E-state index >= 15 is 0 Å². The number of ether oxygens (including phenoxy) is 2. The highest BCUT2D eigenvalue weighted by Crippen LogP contribution is 2.29. The van der Waals surface area contributed by atoms with Gasteiger partial charge in [-0.15, -0.1) is 0 Å². The van der Waals surface area contributed by atoms with Crippen LogP contribution in [0.15, 0.2) is 60.9 Å². The van der Waals surface area contributed by atoms with Gasteiger partial charge in [0.2, 0.25) is 0 Å². The van der Waals surface area contributed by atoms with E-state index in [4.69, 9.17) is 4.74 Å². The zero-order valence-electron chi connectivity index (χ0n) is 16.0. The fourth-order valence-electron chi connectivity index (χ4n) is 2.48. The highest BCUT2D eigenvalue weighted by molar-refractivity contribution is 6.09. The molecule has 29 heavy (non-hydrogen) atoms. The van der Waals surface area contributed by atoms with Gasteiger partial charge < -0.3 is 14.6 Å². The molecule has 1 aliphatic rings. The molecule has 0 fully saturated rings. The molecule has 0 aliphatic carbocycles. The first-order valence-corrected chi connectivity index (χ1v) is 8.79. The Morgan fingerprint density at radius 2 is 1.76 bits per heavy atom. The molecule has 0 amide bonds. The minimum Gasteiger partial charge on any atom is -0.481 e. The van der Waals surface area contributed by atoms with E-state index in [0.717, 1.165) is 0 Å². The monoisotopic (exact) mass is 396 g/mol. The molecule has 1 heterocycles. The van der Waals surface area contributed by atoms with E-state index in [2.05, 4.69) is 4.74 Å². The van der Waals surface area contributed by atoms with Crippen molar-refractivity contribution in [2.24, 2.45) is 0 Å². The summed E-state index contributed by atoms with van der Waals surface area (Å²) in [6.45, 7) is 2.71. The summed E-state index contributed by atoms with van der Waals surface area (Å²) < 4.78 is 9.38. The first-order chi connectivity index (χ1) is 13.8. The normalized spacial score (nSPS) is 13.0. The highest BCUT2D eigenvalue weighted by atomic mass is 16.5. The second-order valence-corrected chi connectivity index (χ2v) is 6.17. The molecule has 1 aliphatic heterocycles. The Labute approximate surface area is 167 Å². The molecule has 2 aromatic rings. The average molecular weight is 396 g/mol. The van der Waals surface area contributed by atoms with E-state index < -0.39 is 17.9 Å². The number of ketones is 1. The van der Waals surface area contributed by atoms with Crippen molar-refractivity contribution in [1.29, 1.82) is 0 Å². The topological polar surface area (TPSA) is 107 Å². The third-order valence-corrected chi connectivity index (χ3v) is 3.98. The summed E-state index contributed by atoms with van der Waals surface area (Å²) in [5.74, 6) is -2.76. The number of hydrogen-bond donors (Lipinski definition) is 1. The van der Waals surface area contributed by atoms with Crippen LogP contribution in [0.5, 0.6) is 5.75 Å². The number of esters is 2. The second kappa shape index (κ2) is 9.98. The molecule has 1 unspecified atom stereocenters. The van der Waals surface area contributed by atoms with Crippen LogP contribution in [0.1, 0.15) is 47.7 Å². The van der Waals surface area contributed by atoms with Gasteiger partial charge in [-0.25, -0.2) is 0 Å². The Balaban J connectivity index is 0.000000426. The van der Waals surface area contributed by atoms with Gasteiger partial charge in [-0.3, -0.25) is 19.2 Å². The van der Waals surface area contributed by atoms with Crippen molar-refractivity contribution in [3.05, 3.63) is 77.6 Å². The SMILES string of the molecule is CC(=O)Oc1ccc(C(=O)c2ccccc2)cc1C(C)C(=O)O.O=C1CC=CO1. The molecule has 150 valence electrons. The number of carbonyl (C=O) groups excluding carboxylic acids is 3. The van der Waals surface area contributed by atoms with Gasteiger partial charge in [-0.05, 0) is 31.2 Å². The van der Waals surface area contributed by atoms with E-state index in [0.29, 0.717) is 17.5 Å². The number of rotatable bonds is 5. The maximum absolute atomic E-state index is 12.5. The van der Waals surface area contributed by atoms with Crippen LogP contribution < -0.4 is 4.74 Å². The summed E-state index contributed by atoms with van der Waals surface area (Å²) in [6.07, 6.45) is 3.53. The summed E-state index contributed by atoms with van der Waals surface area (Å²) in [5.41, 5.74) is 1.13. The average Bonchev–Trinajstić information content (AvgIpc) is 3.19. The van der Waals surface area contributed by atoms with Crippen molar-refractivity contribution in [3.63, 3.8) is 0 Å². The van der Waals surface area contributed by atoms with Crippen LogP contribution in [0.3, 0.4) is 0 Å². The predicted octanol–water partition coefficient (Wildman–Crippen LogP) is 3.48. The summed E-state index contributed by atoms with van der Waals surface area (Å²) in [6, 6.07) is 13.1. The van der Waals surface area contributed by atoms with Crippen molar-refractivity contribution >= 4 is 23.7 Å². The lowest BCUT2D eigenvalue weighted by Crippen LogP contribution is -2.13. The van der Waals surface area contributed by atoms with Crippen molar-refractivity contribution in [1.82, 2.24) is 0 Å². The number of carboxylic acids is 1. The standard InChI is InChI=1S/C18H16O5.C4H4O2/c1-11(18(21)22)15-10-14(8-9-16(15)23-12(2)19)17(20)13-6-4-3-5-7-13;5-4-2-1-3-6-4/h3-11H,1-2H3,(H,21,22);1,3H,2H2. The van der Waals surface area contributed by atoms with Crippen molar-refractivity contribution in [2.75, 3.05) is 0 Å². The Morgan fingerprint density at radius 3 is 2.24 bits per heavy atom. The molecule has 2 aromatic carbocycles. The lowest BCUT2D eigenvalue weighted by atomic mass is 9.95. The third kappa shape index (κ3) is 6.14. The Kier molecular flexibility index (Phi) is 7.42. The van der Waals surface area contributed by atoms with E-state index in [1.807, 2.05) is 0 Å². The molecule has 0 spiro atoms. The molecule has 7 nitrogen and oxygen atoms in total. The molecule has 1 N–H and O–H groups in total. The maximum Gasteiger partial charge on any atom is 0.314 e. The molecule has 0 bridgehead atoms. The number of benzene rings is 2. The number of carbonyl (C=O) groups is 4. The molecule has 0 saturated carbocycles. The minimum absolute atomic E-state index is 0.150. The summed E-state index contributed by atoms with van der Waals surface area (Å²) in [7, 11) is 0. The molecule has 3 rings (SSSR count). The highest BCUT2D eigenvalue weighted by Gasteiger charge is 2.21. The van der Waals surface area contributed by atoms with E-state index in [1.54, 1.807) is 36.4 Å². The third-order valence-electron chi connectivity index (χ3n) is 3.98. The van der Waals surface area contributed by atoms with Crippen LogP contribution in [-0.4, -0.2) is 28.8 Å². The number of carboxylic acid groups (broad SMARTS) is 1. The van der Waals surface area contributed by atoms with Crippen LogP contribution in [0.25, 0.3) is 0 Å². The maximum atomic E-state index is 12.5. The number of hydrogen-bond acceptors (Lipinski definition) is 6. The largest absolute Gasteiger partial charge is 0.481 e. The lowest BCUT2D eigenvalue weighted by molar-refractivity contribution is -0.139. The summed E-state index contributed by atoms with van der Waals surface area (Å²) >= 11 is 0. The Hall–Kier alpha value is -3.74. The van der Waals surface area contributed by atoms with Gasteiger partial charge in [0.25, 0.3) is 0 Å². The first kappa shape index (κ1) is 21.6. The fourth-order valence-corrected chi connectivity index (χ4v) is 2.48. The predicted molar refractivity (Wildman–Crippen MR) is 104 cm³/mol. The van der Waals surface area contributed by atoms with Crippen molar-refractivity contribution in [3.8, 4) is 5.75 Å². The van der Waals surface area contributed by atoms with Crippen LogP contribution >= 0.6 is 0 Å². The number of aliphatic carboxylic acids is 1. The fraction of sp³-hybridized carbons (Fsp3) is 0.182. The van der Waals surface area contributed by atoms with E-state index in [1.165, 1.54) is 38.3 Å². The lowest BCUT2D eigenvalue weighted by Gasteiger charge is -2.14. The van der Waals surface area contributed by atoms with Gasteiger partial charge in [0.1, 0.15) is 5.75 Å². The van der Waals surface area contributed by atoms with Gasteiger partial charge >= 0.3 is 17.9 Å². The minimum atomic E-state index is -1.07. The van der Waals surface area contributed by atoms with Gasteiger partial charge in [-0.2, -0.15) is 0 Å². The molecule has 1 atom stereocenters. The molecule has 0 radical (unpaired) electrons. The zero-order valence-corrected chi connectivity index (χ0v) is 16.0. The van der Waals surface area contributed by atoms with E-state index in [-0.39, 0.29) is 23.1 Å². The second-order valence-electron chi connectivity index (χ2n) is 6.17. The van der Waals surface area contributed by atoms with Gasteiger partial charge in [0.05, 0.1) is 18.6 Å². The first-order valence-electron chi connectivity index (χ1n) is 8.79. The van der Waals surface area contributed by atoms with E-state index in [9.17, 15) is 24.3 Å². The van der Waals surface area contributed by atoms with Crippen LogP contribution in [0.2, 0.25) is 0 Å². The Morgan fingerprint density at radius 1 is 1.07 bits per heavy atom. The van der Waals surface area contributed by atoms with Gasteiger partial charge in [-0.1, -0.05) is 30.3 Å². The molecular weight excluding hydrogens is 376 g/mol. The summed E-state index contributed by atoms with van der Waals surface area (Å²) in [4.78, 5) is 44.9. The molecule has 0 aromatic heterocycles. The molecule has 7 heteroatoms. The van der Waals surface area contributed by atoms with Crippen LogP contribution in [-0.2, 0) is 19.1 Å². The quantitative estimate of drug-likeness (QED) is 0.468. The van der Waals surface area contributed by atoms with Crippen LogP contribution in [0, 0.1) is 0 Å². The molecule has 0 saturated heterocycles. The van der Waals surface area contributed by atoms with Gasteiger partial charge in [0.15, 0.2) is 5.78 Å². The smallest absolute Gasteiger partial charge is 0.314 e.